The fourth-order valence-electron chi connectivity index (χ4n) is 1.83. The highest BCUT2D eigenvalue weighted by Crippen LogP contribution is 2.12. The molecule has 2 nitrogen and oxygen atoms in total. The predicted octanol–water partition coefficient (Wildman–Crippen LogP) is 2.97. The van der Waals surface area contributed by atoms with Crippen LogP contribution in [-0.4, -0.2) is 37.3 Å². The second-order valence-corrected chi connectivity index (χ2v) is 5.00. The van der Waals surface area contributed by atoms with Crippen LogP contribution in [0, 0.1) is 6.92 Å². The van der Waals surface area contributed by atoms with Crippen LogP contribution < -0.4 is 5.32 Å². The summed E-state index contributed by atoms with van der Waals surface area (Å²) in [6.07, 6.45) is -4.14. The van der Waals surface area contributed by atoms with Crippen molar-refractivity contribution < 1.29 is 13.2 Å². The van der Waals surface area contributed by atoms with Crippen molar-refractivity contribution in [3.8, 4) is 0 Å². The molecule has 0 aliphatic rings. The smallest absolute Gasteiger partial charge is 0.307 e. The van der Waals surface area contributed by atoms with Gasteiger partial charge in [-0.15, -0.1) is 0 Å². The van der Waals surface area contributed by atoms with Crippen LogP contribution in [0.5, 0.6) is 0 Å². The first-order valence-electron chi connectivity index (χ1n) is 6.31. The van der Waals surface area contributed by atoms with Gasteiger partial charge in [0.05, 0.1) is 6.54 Å². The van der Waals surface area contributed by atoms with Crippen molar-refractivity contribution in [2.45, 2.75) is 32.6 Å². The fourth-order valence-corrected chi connectivity index (χ4v) is 1.83. The van der Waals surface area contributed by atoms with Crippen molar-refractivity contribution in [2.75, 3.05) is 20.1 Å². The molecule has 0 amide bonds. The summed E-state index contributed by atoms with van der Waals surface area (Å²) in [5.41, 5.74) is 2.36. The van der Waals surface area contributed by atoms with Gasteiger partial charge in [-0.1, -0.05) is 29.8 Å². The van der Waals surface area contributed by atoms with Gasteiger partial charge in [-0.05, 0) is 26.5 Å². The highest BCUT2D eigenvalue weighted by molar-refractivity contribution is 5.22. The molecular weight excluding hydrogens is 253 g/mol. The second kappa shape index (κ2) is 6.91. The van der Waals surface area contributed by atoms with E-state index < -0.39 is 12.7 Å². The number of rotatable bonds is 6. The summed E-state index contributed by atoms with van der Waals surface area (Å²) in [4.78, 5) is 2.04. The van der Waals surface area contributed by atoms with E-state index in [4.69, 9.17) is 0 Å². The average molecular weight is 274 g/mol. The Morgan fingerprint density at radius 2 is 2.00 bits per heavy atom. The molecular formula is C14H21F3N2. The molecule has 0 bridgehead atoms. The number of alkyl halides is 3. The number of nitrogens with zero attached hydrogens (tertiary/aromatic N) is 1. The maximum absolute atomic E-state index is 12.0. The number of aryl methyl sites for hydroxylation is 1. The van der Waals surface area contributed by atoms with Crippen LogP contribution in [-0.2, 0) is 6.54 Å². The van der Waals surface area contributed by atoms with Gasteiger partial charge in [-0.25, -0.2) is 0 Å². The topological polar surface area (TPSA) is 15.3 Å². The van der Waals surface area contributed by atoms with Gasteiger partial charge in [-0.3, -0.25) is 4.90 Å². The molecule has 0 saturated heterocycles. The Morgan fingerprint density at radius 3 is 2.58 bits per heavy atom. The molecule has 0 aliphatic heterocycles. The van der Waals surface area contributed by atoms with Crippen LogP contribution in [0.15, 0.2) is 24.3 Å². The van der Waals surface area contributed by atoms with Gasteiger partial charge in [0.2, 0.25) is 0 Å². The van der Waals surface area contributed by atoms with Crippen LogP contribution in [0.1, 0.15) is 18.1 Å². The monoisotopic (exact) mass is 274 g/mol. The van der Waals surface area contributed by atoms with E-state index >= 15 is 0 Å². The molecule has 0 saturated carbocycles. The first kappa shape index (κ1) is 16.0. The maximum Gasteiger partial charge on any atom is 0.401 e. The van der Waals surface area contributed by atoms with Gasteiger partial charge in [0, 0.05) is 19.1 Å². The third-order valence-corrected chi connectivity index (χ3v) is 3.03. The van der Waals surface area contributed by atoms with Crippen molar-refractivity contribution in [2.24, 2.45) is 0 Å². The lowest BCUT2D eigenvalue weighted by Crippen LogP contribution is -2.40. The van der Waals surface area contributed by atoms with Gasteiger partial charge in [0.25, 0.3) is 0 Å². The lowest BCUT2D eigenvalue weighted by atomic mass is 10.1. The summed E-state index contributed by atoms with van der Waals surface area (Å²) in [7, 11) is 1.92. The van der Waals surface area contributed by atoms with E-state index in [1.807, 2.05) is 44.0 Å². The van der Waals surface area contributed by atoms with Crippen molar-refractivity contribution in [1.29, 1.82) is 0 Å². The molecule has 19 heavy (non-hydrogen) atoms. The summed E-state index contributed by atoms with van der Waals surface area (Å²) < 4.78 is 36.1. The number of halogens is 3. The standard InChI is InChI=1S/C14H21F3N2/c1-11-5-4-6-13(7-11)9-19(3)12(2)8-18-10-14(15,16)17/h4-7,12,18H,8-10H2,1-3H3. The van der Waals surface area contributed by atoms with Crippen LogP contribution in [0.25, 0.3) is 0 Å². The Balaban J connectivity index is 2.38. The molecule has 0 fully saturated rings. The minimum atomic E-state index is -4.14. The lowest BCUT2D eigenvalue weighted by molar-refractivity contribution is -0.125. The maximum atomic E-state index is 12.0. The molecule has 1 unspecified atom stereocenters. The first-order chi connectivity index (χ1) is 8.78. The molecule has 0 radical (unpaired) electrons. The molecule has 5 heteroatoms. The Bertz CT molecular complexity index is 391. The number of likely N-dealkylation sites (N-methyl/N-ethyl adjacent to an activating group) is 1. The lowest BCUT2D eigenvalue weighted by Gasteiger charge is -2.25. The fraction of sp³-hybridized carbons (Fsp3) is 0.571. The van der Waals surface area contributed by atoms with E-state index in [1.165, 1.54) is 11.1 Å². The van der Waals surface area contributed by atoms with Crippen molar-refractivity contribution in [3.63, 3.8) is 0 Å². The number of hydrogen-bond acceptors (Lipinski definition) is 2. The molecule has 1 atom stereocenters. The van der Waals surface area contributed by atoms with Crippen LogP contribution in [0.2, 0.25) is 0 Å². The van der Waals surface area contributed by atoms with Crippen LogP contribution >= 0.6 is 0 Å². The van der Waals surface area contributed by atoms with Gasteiger partial charge < -0.3 is 5.32 Å². The summed E-state index contributed by atoms with van der Waals surface area (Å²) >= 11 is 0. The van der Waals surface area contributed by atoms with E-state index in [0.717, 1.165) is 6.54 Å². The second-order valence-electron chi connectivity index (χ2n) is 5.00. The zero-order valence-corrected chi connectivity index (χ0v) is 11.6. The van der Waals surface area contributed by atoms with Gasteiger partial charge in [0.15, 0.2) is 0 Å². The highest BCUT2D eigenvalue weighted by atomic mass is 19.4. The van der Waals surface area contributed by atoms with E-state index in [2.05, 4.69) is 11.4 Å². The normalized spacial score (nSPS) is 13.8. The third kappa shape index (κ3) is 6.59. The molecule has 1 N–H and O–H groups in total. The summed E-state index contributed by atoms with van der Waals surface area (Å²) in [5.74, 6) is 0. The minimum absolute atomic E-state index is 0.0443. The van der Waals surface area contributed by atoms with Crippen molar-refractivity contribution in [3.05, 3.63) is 35.4 Å². The van der Waals surface area contributed by atoms with Gasteiger partial charge >= 0.3 is 6.18 Å². The van der Waals surface area contributed by atoms with Crippen molar-refractivity contribution in [1.82, 2.24) is 10.2 Å². The van der Waals surface area contributed by atoms with Gasteiger partial charge in [0.1, 0.15) is 0 Å². The molecule has 1 rings (SSSR count). The average Bonchev–Trinajstić information content (AvgIpc) is 2.27. The molecule has 1 aromatic rings. The molecule has 0 heterocycles. The molecule has 0 aliphatic carbocycles. The Morgan fingerprint density at radius 1 is 1.32 bits per heavy atom. The number of benzene rings is 1. The highest BCUT2D eigenvalue weighted by Gasteiger charge is 2.26. The molecule has 0 spiro atoms. The Labute approximate surface area is 112 Å². The molecule has 1 aromatic carbocycles. The largest absolute Gasteiger partial charge is 0.401 e. The predicted molar refractivity (Wildman–Crippen MR) is 71.0 cm³/mol. The van der Waals surface area contributed by atoms with E-state index in [9.17, 15) is 13.2 Å². The number of nitrogens with one attached hydrogen (secondary N) is 1. The zero-order chi connectivity index (χ0) is 14.5. The summed E-state index contributed by atoms with van der Waals surface area (Å²) in [6.45, 7) is 4.06. The quantitative estimate of drug-likeness (QED) is 0.858. The molecule has 0 aromatic heterocycles. The summed E-state index contributed by atoms with van der Waals surface area (Å²) in [6, 6.07) is 8.18. The Kier molecular flexibility index (Phi) is 5.82. The van der Waals surface area contributed by atoms with Crippen molar-refractivity contribution >= 4 is 0 Å². The Hall–Kier alpha value is -1.07. The van der Waals surface area contributed by atoms with E-state index in [0.29, 0.717) is 6.54 Å². The van der Waals surface area contributed by atoms with Gasteiger partial charge in [-0.2, -0.15) is 13.2 Å². The summed E-state index contributed by atoms with van der Waals surface area (Å²) in [5, 5.41) is 2.44. The van der Waals surface area contributed by atoms with E-state index in [-0.39, 0.29) is 6.04 Å². The first-order valence-corrected chi connectivity index (χ1v) is 6.31. The van der Waals surface area contributed by atoms with Crippen LogP contribution in [0.3, 0.4) is 0 Å². The SMILES string of the molecule is Cc1cccc(CN(C)C(C)CNCC(F)(F)F)c1. The minimum Gasteiger partial charge on any atom is -0.307 e. The zero-order valence-electron chi connectivity index (χ0n) is 11.6. The number of hydrogen-bond donors (Lipinski definition) is 1. The van der Waals surface area contributed by atoms with E-state index in [1.54, 1.807) is 0 Å². The van der Waals surface area contributed by atoms with Crippen LogP contribution in [0.4, 0.5) is 13.2 Å². The molecule has 108 valence electrons. The third-order valence-electron chi connectivity index (χ3n) is 3.03.